The van der Waals surface area contributed by atoms with E-state index in [1.54, 1.807) is 6.92 Å². The molecule has 0 unspecified atom stereocenters. The number of hydrogen-bond donors (Lipinski definition) is 3. The summed E-state index contributed by atoms with van der Waals surface area (Å²) < 4.78 is 6.91. The van der Waals surface area contributed by atoms with E-state index < -0.39 is 0 Å². The molecule has 0 bridgehead atoms. The Balaban J connectivity index is 2.43. The van der Waals surface area contributed by atoms with Gasteiger partial charge >= 0.3 is 11.9 Å². The first kappa shape index (κ1) is 12.9. The number of aliphatic hydroxyl groups excluding tert-OH is 1. The van der Waals surface area contributed by atoms with Gasteiger partial charge in [0.05, 0.1) is 18.9 Å². The predicted molar refractivity (Wildman–Crippen MR) is 65.8 cm³/mol. The van der Waals surface area contributed by atoms with Gasteiger partial charge in [0.2, 0.25) is 0 Å². The number of hydrogen-bond acceptors (Lipinski definition) is 5. The average molecular weight is 254 g/mol. The molecule has 1 saturated heterocycles. The van der Waals surface area contributed by atoms with Gasteiger partial charge in [-0.15, -0.1) is 0 Å². The van der Waals surface area contributed by atoms with Crippen molar-refractivity contribution < 1.29 is 19.2 Å². The summed E-state index contributed by atoms with van der Waals surface area (Å²) in [5, 5.41) is 12.4. The molecule has 100 valence electrons. The van der Waals surface area contributed by atoms with Gasteiger partial charge in [-0.25, -0.2) is 9.37 Å². The van der Waals surface area contributed by atoms with Gasteiger partial charge < -0.3 is 9.84 Å². The van der Waals surface area contributed by atoms with Crippen LogP contribution in [0.25, 0.3) is 0 Å². The van der Waals surface area contributed by atoms with E-state index in [0.717, 1.165) is 18.5 Å². The van der Waals surface area contributed by atoms with E-state index in [2.05, 4.69) is 5.32 Å². The lowest BCUT2D eigenvalue weighted by molar-refractivity contribution is -0.510. The van der Waals surface area contributed by atoms with Crippen LogP contribution < -0.4 is 11.1 Å². The summed E-state index contributed by atoms with van der Waals surface area (Å²) in [6.45, 7) is 4.05. The van der Waals surface area contributed by atoms with Gasteiger partial charge in [-0.05, 0) is 20.3 Å². The Morgan fingerprint density at radius 1 is 1.67 bits per heavy atom. The van der Waals surface area contributed by atoms with Crippen molar-refractivity contribution in [2.24, 2.45) is 5.73 Å². The number of nitrogens with zero attached hydrogens (tertiary/aromatic N) is 1. The van der Waals surface area contributed by atoms with Crippen LogP contribution in [0.3, 0.4) is 0 Å². The molecule has 2 rings (SSSR count). The fourth-order valence-corrected chi connectivity index (χ4v) is 2.67. The van der Waals surface area contributed by atoms with Crippen molar-refractivity contribution >= 4 is 11.9 Å². The summed E-state index contributed by atoms with van der Waals surface area (Å²) in [6.07, 6.45) is 1.54. The molecule has 0 aromatic rings. The Morgan fingerprint density at radius 3 is 3.00 bits per heavy atom. The van der Waals surface area contributed by atoms with Crippen LogP contribution in [0, 0.1) is 0 Å². The fourth-order valence-electron chi connectivity index (χ4n) is 2.67. The zero-order valence-electron chi connectivity index (χ0n) is 10.8. The highest BCUT2D eigenvalue weighted by molar-refractivity contribution is 5.92. The molecule has 2 atom stereocenters. The molecule has 1 fully saturated rings. The van der Waals surface area contributed by atoms with Crippen LogP contribution >= 0.6 is 0 Å². The Bertz CT molecular complexity index is 428. The molecule has 6 heteroatoms. The molecular formula is C12H20N3O3+. The molecule has 0 aliphatic carbocycles. The third-order valence-electron chi connectivity index (χ3n) is 3.44. The highest BCUT2D eigenvalue weighted by atomic mass is 16.5. The largest absolute Gasteiger partial charge is 0.462 e. The second-order valence-corrected chi connectivity index (χ2v) is 4.58. The van der Waals surface area contributed by atoms with Crippen molar-refractivity contribution in [1.29, 1.82) is 0 Å². The number of fused-ring (bicyclic) bond motifs is 1. The third kappa shape index (κ3) is 1.96. The maximum Gasteiger partial charge on any atom is 0.349 e. The lowest BCUT2D eigenvalue weighted by Gasteiger charge is -2.24. The number of ether oxygens (including phenoxy) is 1. The van der Waals surface area contributed by atoms with Crippen molar-refractivity contribution in [2.45, 2.75) is 38.8 Å². The first-order valence-electron chi connectivity index (χ1n) is 6.29. The van der Waals surface area contributed by atoms with E-state index >= 15 is 0 Å². The van der Waals surface area contributed by atoms with Crippen molar-refractivity contribution in [3.8, 4) is 0 Å². The minimum Gasteiger partial charge on any atom is -0.462 e. The number of guanidine groups is 1. The summed E-state index contributed by atoms with van der Waals surface area (Å²) in [5.74, 6) is 0.200. The first-order chi connectivity index (χ1) is 8.60. The molecule has 0 spiro atoms. The van der Waals surface area contributed by atoms with Gasteiger partial charge in [0.25, 0.3) is 0 Å². The standard InChI is InChI=1S/C12H19N3O3/c1-3-18-11(17)10-7(2)14-12(13)15-8(6-16)4-5-9(10)15/h7-8,16H,3-6H2,1-2H3,(H2,13,14)/p+1/t7-,8+/m1/s1. The van der Waals surface area contributed by atoms with Crippen molar-refractivity contribution in [2.75, 3.05) is 13.2 Å². The summed E-state index contributed by atoms with van der Waals surface area (Å²) in [7, 11) is 0. The zero-order chi connectivity index (χ0) is 13.3. The topological polar surface area (TPSA) is 87.6 Å². The number of carbonyl (C=O) groups excluding carboxylic acids is 1. The fraction of sp³-hybridized carbons (Fsp3) is 0.667. The van der Waals surface area contributed by atoms with Crippen LogP contribution in [-0.4, -0.2) is 46.9 Å². The number of allylic oxidation sites excluding steroid dienone is 1. The molecular weight excluding hydrogens is 234 g/mol. The van der Waals surface area contributed by atoms with E-state index in [4.69, 9.17) is 10.5 Å². The SMILES string of the molecule is CCOC(=O)C1=C2CC[C@@H](CO)[N+]2=C(N)N[C@@H]1C. The minimum atomic E-state index is -0.302. The quantitative estimate of drug-likeness (QED) is 0.457. The molecule has 0 saturated carbocycles. The molecule has 6 nitrogen and oxygen atoms in total. The third-order valence-corrected chi connectivity index (χ3v) is 3.44. The molecule has 0 amide bonds. The average Bonchev–Trinajstić information content (AvgIpc) is 2.73. The number of nitrogens with one attached hydrogen (secondary N) is 1. The second kappa shape index (κ2) is 4.97. The van der Waals surface area contributed by atoms with Crippen LogP contribution in [0.15, 0.2) is 11.3 Å². The molecule has 18 heavy (non-hydrogen) atoms. The predicted octanol–water partition coefficient (Wildman–Crippen LogP) is -0.723. The molecule has 2 aliphatic heterocycles. The Morgan fingerprint density at radius 2 is 2.39 bits per heavy atom. The summed E-state index contributed by atoms with van der Waals surface area (Å²) in [5.41, 5.74) is 7.46. The second-order valence-electron chi connectivity index (χ2n) is 4.58. The monoisotopic (exact) mass is 254 g/mol. The Labute approximate surface area is 106 Å². The minimum absolute atomic E-state index is 0.0242. The highest BCUT2D eigenvalue weighted by Crippen LogP contribution is 2.29. The zero-order valence-corrected chi connectivity index (χ0v) is 10.8. The van der Waals surface area contributed by atoms with Gasteiger partial charge in [-0.2, -0.15) is 0 Å². The number of esters is 1. The van der Waals surface area contributed by atoms with E-state index in [1.165, 1.54) is 0 Å². The molecule has 0 aromatic heterocycles. The summed E-state index contributed by atoms with van der Waals surface area (Å²) in [6, 6.07) is -0.211. The lowest BCUT2D eigenvalue weighted by atomic mass is 10.0. The van der Waals surface area contributed by atoms with Crippen molar-refractivity contribution in [3.05, 3.63) is 11.3 Å². The number of carbonyl (C=O) groups is 1. The number of nitrogens with two attached hydrogens (primary N) is 1. The maximum absolute atomic E-state index is 12.0. The number of aliphatic hydroxyl groups is 1. The molecule has 4 N–H and O–H groups in total. The van der Waals surface area contributed by atoms with Gasteiger partial charge in [-0.1, -0.05) is 0 Å². The lowest BCUT2D eigenvalue weighted by Crippen LogP contribution is -2.52. The van der Waals surface area contributed by atoms with E-state index in [9.17, 15) is 9.90 Å². The van der Waals surface area contributed by atoms with Crippen LogP contribution in [-0.2, 0) is 9.53 Å². The van der Waals surface area contributed by atoms with E-state index in [0.29, 0.717) is 18.1 Å². The van der Waals surface area contributed by atoms with Crippen LogP contribution in [0.4, 0.5) is 0 Å². The van der Waals surface area contributed by atoms with Gasteiger partial charge in [0.15, 0.2) is 0 Å². The molecule has 0 aromatic carbocycles. The highest BCUT2D eigenvalue weighted by Gasteiger charge is 2.40. The van der Waals surface area contributed by atoms with E-state index in [1.807, 2.05) is 11.5 Å². The molecule has 2 heterocycles. The number of rotatable bonds is 3. The maximum atomic E-state index is 12.0. The van der Waals surface area contributed by atoms with Crippen molar-refractivity contribution in [1.82, 2.24) is 5.32 Å². The molecule has 2 aliphatic rings. The van der Waals surface area contributed by atoms with Crippen molar-refractivity contribution in [3.63, 3.8) is 0 Å². The summed E-state index contributed by atoms with van der Waals surface area (Å²) in [4.78, 5) is 12.0. The molecule has 0 radical (unpaired) electrons. The first-order valence-corrected chi connectivity index (χ1v) is 6.29. The van der Waals surface area contributed by atoms with E-state index in [-0.39, 0.29) is 24.7 Å². The van der Waals surface area contributed by atoms with Gasteiger partial charge in [0.1, 0.15) is 17.7 Å². The van der Waals surface area contributed by atoms with Gasteiger partial charge in [-0.3, -0.25) is 11.1 Å². The Hall–Kier alpha value is -1.56. The smallest absolute Gasteiger partial charge is 0.349 e. The van der Waals surface area contributed by atoms with Crippen LogP contribution in [0.1, 0.15) is 26.7 Å². The van der Waals surface area contributed by atoms with Gasteiger partial charge in [0, 0.05) is 6.42 Å². The summed E-state index contributed by atoms with van der Waals surface area (Å²) >= 11 is 0. The Kier molecular flexibility index (Phi) is 3.56. The van der Waals surface area contributed by atoms with Crippen LogP contribution in [0.5, 0.6) is 0 Å². The van der Waals surface area contributed by atoms with Crippen LogP contribution in [0.2, 0.25) is 0 Å². The normalized spacial score (nSPS) is 27.1.